The second kappa shape index (κ2) is 10.00. The Morgan fingerprint density at radius 2 is 1.85 bits per heavy atom. The van der Waals surface area contributed by atoms with E-state index >= 15 is 0 Å². The van der Waals surface area contributed by atoms with Crippen LogP contribution in [-0.4, -0.2) is 30.8 Å². The quantitative estimate of drug-likeness (QED) is 0.379. The number of hydrogen-bond acceptors (Lipinski definition) is 4. The van der Waals surface area contributed by atoms with Crippen molar-refractivity contribution < 1.29 is 23.4 Å². The second-order valence-electron chi connectivity index (χ2n) is 8.22. The third-order valence-corrected chi connectivity index (χ3v) is 5.93. The number of fused-ring (bicyclic) bond motifs is 1. The van der Waals surface area contributed by atoms with Crippen LogP contribution in [0.15, 0.2) is 61.2 Å². The standard InChI is InChI=1S/C28H28FNO4/c1-5-22-26(32-4)16-23-24(27(22)34-19(3)33-25-9-7-6-8-18(25)2)17-30(28(23)31)15-14-20-10-12-21(29)13-11-20/h5-13,16,19H,1,14-15,17H2,2-4H3. The van der Waals surface area contributed by atoms with Gasteiger partial charge in [0.1, 0.15) is 23.1 Å². The monoisotopic (exact) mass is 461 g/mol. The van der Waals surface area contributed by atoms with Crippen molar-refractivity contribution in [1.82, 2.24) is 4.90 Å². The first kappa shape index (κ1) is 23.4. The van der Waals surface area contributed by atoms with Gasteiger partial charge in [-0.2, -0.15) is 0 Å². The summed E-state index contributed by atoms with van der Waals surface area (Å²) in [7, 11) is 1.55. The van der Waals surface area contributed by atoms with Crippen LogP contribution in [0.3, 0.4) is 0 Å². The molecule has 0 saturated heterocycles. The summed E-state index contributed by atoms with van der Waals surface area (Å²) in [4.78, 5) is 15.0. The van der Waals surface area contributed by atoms with Crippen LogP contribution in [0.2, 0.25) is 0 Å². The largest absolute Gasteiger partial charge is 0.496 e. The van der Waals surface area contributed by atoms with Crippen molar-refractivity contribution in [2.75, 3.05) is 13.7 Å². The predicted octanol–water partition coefficient (Wildman–Crippen LogP) is 5.79. The molecule has 1 atom stereocenters. The zero-order valence-corrected chi connectivity index (χ0v) is 19.6. The number of benzene rings is 3. The van der Waals surface area contributed by atoms with Gasteiger partial charge in [0.15, 0.2) is 0 Å². The normalized spacial score (nSPS) is 13.4. The van der Waals surface area contributed by atoms with Crippen molar-refractivity contribution in [3.05, 3.63) is 94.8 Å². The first-order valence-corrected chi connectivity index (χ1v) is 11.2. The number of aryl methyl sites for hydroxylation is 1. The van der Waals surface area contributed by atoms with E-state index in [-0.39, 0.29) is 11.7 Å². The highest BCUT2D eigenvalue weighted by atomic mass is 19.1. The lowest BCUT2D eigenvalue weighted by Gasteiger charge is -2.22. The van der Waals surface area contributed by atoms with E-state index in [1.807, 2.05) is 38.1 Å². The zero-order chi connectivity index (χ0) is 24.2. The minimum Gasteiger partial charge on any atom is -0.496 e. The second-order valence-corrected chi connectivity index (χ2v) is 8.22. The smallest absolute Gasteiger partial charge is 0.254 e. The third-order valence-electron chi connectivity index (χ3n) is 5.93. The highest BCUT2D eigenvalue weighted by molar-refractivity contribution is 6.00. The molecule has 0 aromatic heterocycles. The number of hydrogen-bond donors (Lipinski definition) is 0. The topological polar surface area (TPSA) is 48.0 Å². The van der Waals surface area contributed by atoms with E-state index in [2.05, 4.69) is 6.58 Å². The van der Waals surface area contributed by atoms with Gasteiger partial charge in [-0.05, 0) is 48.7 Å². The van der Waals surface area contributed by atoms with E-state index in [0.717, 1.165) is 22.4 Å². The minimum atomic E-state index is -0.612. The van der Waals surface area contributed by atoms with Crippen LogP contribution >= 0.6 is 0 Å². The Bertz CT molecular complexity index is 1210. The van der Waals surface area contributed by atoms with Crippen molar-refractivity contribution in [3.8, 4) is 17.2 Å². The molecule has 1 aliphatic rings. The van der Waals surface area contributed by atoms with Crippen molar-refractivity contribution >= 4 is 12.0 Å². The molecule has 176 valence electrons. The molecule has 0 bridgehead atoms. The number of carbonyl (C=O) groups is 1. The van der Waals surface area contributed by atoms with Gasteiger partial charge in [0.2, 0.25) is 6.29 Å². The highest BCUT2D eigenvalue weighted by Crippen LogP contribution is 2.41. The number of amides is 1. The van der Waals surface area contributed by atoms with Crippen LogP contribution < -0.4 is 14.2 Å². The van der Waals surface area contributed by atoms with Crippen molar-refractivity contribution in [3.63, 3.8) is 0 Å². The summed E-state index contributed by atoms with van der Waals surface area (Å²) in [6, 6.07) is 15.8. The van der Waals surface area contributed by atoms with Gasteiger partial charge in [-0.25, -0.2) is 4.39 Å². The van der Waals surface area contributed by atoms with E-state index in [0.29, 0.717) is 42.1 Å². The van der Waals surface area contributed by atoms with E-state index in [4.69, 9.17) is 14.2 Å². The van der Waals surface area contributed by atoms with Crippen LogP contribution in [0.1, 0.15) is 39.5 Å². The fourth-order valence-corrected chi connectivity index (χ4v) is 4.12. The lowest BCUT2D eigenvalue weighted by atomic mass is 10.0. The molecule has 0 spiro atoms. The number of para-hydroxylation sites is 1. The lowest BCUT2D eigenvalue weighted by molar-refractivity contribution is 0.0205. The molecule has 0 radical (unpaired) electrons. The summed E-state index contributed by atoms with van der Waals surface area (Å²) in [5, 5.41) is 0. The number of ether oxygens (including phenoxy) is 3. The Kier molecular flexibility index (Phi) is 6.87. The number of rotatable bonds is 9. The predicted molar refractivity (Wildman–Crippen MR) is 130 cm³/mol. The minimum absolute atomic E-state index is 0.0941. The molecular formula is C28H28FNO4. The Morgan fingerprint density at radius 1 is 1.12 bits per heavy atom. The Hall–Kier alpha value is -3.80. The Labute approximate surface area is 199 Å². The molecule has 0 saturated carbocycles. The van der Waals surface area contributed by atoms with Gasteiger partial charge in [-0.1, -0.05) is 43.0 Å². The average Bonchev–Trinajstić information content (AvgIpc) is 3.15. The van der Waals surface area contributed by atoms with Crippen molar-refractivity contribution in [2.45, 2.75) is 33.1 Å². The molecule has 1 heterocycles. The fraction of sp³-hybridized carbons (Fsp3) is 0.250. The number of methoxy groups -OCH3 is 1. The molecule has 3 aromatic carbocycles. The molecule has 4 rings (SSSR count). The van der Waals surface area contributed by atoms with Gasteiger partial charge in [0.05, 0.1) is 24.8 Å². The average molecular weight is 462 g/mol. The molecule has 3 aromatic rings. The van der Waals surface area contributed by atoms with Crippen LogP contribution in [0.25, 0.3) is 6.08 Å². The summed E-state index contributed by atoms with van der Waals surface area (Å²) in [6.07, 6.45) is 1.68. The van der Waals surface area contributed by atoms with E-state index < -0.39 is 6.29 Å². The first-order valence-electron chi connectivity index (χ1n) is 11.2. The van der Waals surface area contributed by atoms with Gasteiger partial charge in [0.25, 0.3) is 5.91 Å². The van der Waals surface area contributed by atoms with E-state index in [9.17, 15) is 9.18 Å². The zero-order valence-electron chi connectivity index (χ0n) is 19.6. The van der Waals surface area contributed by atoms with Crippen molar-refractivity contribution in [1.29, 1.82) is 0 Å². The number of halogens is 1. The van der Waals surface area contributed by atoms with Gasteiger partial charge in [-0.15, -0.1) is 0 Å². The molecule has 34 heavy (non-hydrogen) atoms. The van der Waals surface area contributed by atoms with Crippen molar-refractivity contribution in [2.24, 2.45) is 0 Å². The Balaban J connectivity index is 1.59. The SMILES string of the molecule is C=Cc1c(OC)cc2c(c1OC(C)Oc1ccccc1C)CN(CCc1ccc(F)cc1)C2=O. The number of nitrogens with zero attached hydrogens (tertiary/aromatic N) is 1. The first-order chi connectivity index (χ1) is 16.4. The van der Waals surface area contributed by atoms with Gasteiger partial charge in [0, 0.05) is 19.0 Å². The summed E-state index contributed by atoms with van der Waals surface area (Å²) < 4.78 is 31.0. The maximum atomic E-state index is 13.2. The maximum Gasteiger partial charge on any atom is 0.254 e. The van der Waals surface area contributed by atoms with Crippen LogP contribution in [0.5, 0.6) is 17.2 Å². The molecule has 1 amide bonds. The maximum absolute atomic E-state index is 13.2. The van der Waals surface area contributed by atoms with E-state index in [1.165, 1.54) is 12.1 Å². The molecule has 0 fully saturated rings. The van der Waals surface area contributed by atoms with Gasteiger partial charge in [-0.3, -0.25) is 4.79 Å². The molecular weight excluding hydrogens is 433 g/mol. The molecule has 6 heteroatoms. The Morgan fingerprint density at radius 3 is 2.53 bits per heavy atom. The van der Waals surface area contributed by atoms with E-state index in [1.54, 1.807) is 36.3 Å². The molecule has 1 aliphatic heterocycles. The van der Waals surface area contributed by atoms with Crippen LogP contribution in [0.4, 0.5) is 4.39 Å². The number of carbonyl (C=O) groups excluding carboxylic acids is 1. The molecule has 0 N–H and O–H groups in total. The molecule has 1 unspecified atom stereocenters. The fourth-order valence-electron chi connectivity index (χ4n) is 4.12. The summed E-state index contributed by atoms with van der Waals surface area (Å²) >= 11 is 0. The van der Waals surface area contributed by atoms with Crippen LogP contribution in [0, 0.1) is 12.7 Å². The summed E-state index contributed by atoms with van der Waals surface area (Å²) in [6.45, 7) is 8.60. The summed E-state index contributed by atoms with van der Waals surface area (Å²) in [5.41, 5.74) is 3.96. The lowest BCUT2D eigenvalue weighted by Crippen LogP contribution is -2.26. The van der Waals surface area contributed by atoms with Crippen LogP contribution in [-0.2, 0) is 13.0 Å². The summed E-state index contributed by atoms with van der Waals surface area (Å²) in [5.74, 6) is 1.40. The molecule has 0 aliphatic carbocycles. The van der Waals surface area contributed by atoms with Gasteiger partial charge < -0.3 is 19.1 Å². The molecule has 5 nitrogen and oxygen atoms in total. The third kappa shape index (κ3) is 4.76. The highest BCUT2D eigenvalue weighted by Gasteiger charge is 2.33. The van der Waals surface area contributed by atoms with Gasteiger partial charge >= 0.3 is 0 Å².